The van der Waals surface area contributed by atoms with Crippen LogP contribution in [0.25, 0.3) is 0 Å². The molecule has 0 saturated carbocycles. The summed E-state index contributed by atoms with van der Waals surface area (Å²) in [5, 5.41) is 0. The molecule has 0 unspecified atom stereocenters. The zero-order valence-corrected chi connectivity index (χ0v) is 23.4. The van der Waals surface area contributed by atoms with Crippen molar-refractivity contribution in [2.45, 2.75) is 13.8 Å². The molecule has 2 saturated heterocycles. The van der Waals surface area contributed by atoms with Crippen molar-refractivity contribution < 1.29 is 83.2 Å². The first-order chi connectivity index (χ1) is 14.4. The van der Waals surface area contributed by atoms with Crippen molar-refractivity contribution in [2.24, 2.45) is 0 Å². The summed E-state index contributed by atoms with van der Waals surface area (Å²) in [7, 11) is -16.8. The van der Waals surface area contributed by atoms with Crippen LogP contribution in [-0.2, 0) is 21.9 Å². The largest absolute Gasteiger partial charge is 0.870 e. The number of fused-ring (bicyclic) bond motifs is 3. The van der Waals surface area contributed by atoms with Gasteiger partial charge in [0.05, 0.1) is 0 Å². The number of halogens is 12. The first-order valence-electron chi connectivity index (χ1n) is 9.79. The van der Waals surface area contributed by atoms with E-state index in [4.69, 9.17) is 0 Å². The molecule has 2 aliphatic heterocycles. The van der Waals surface area contributed by atoms with Gasteiger partial charge in [-0.15, -0.1) is 0 Å². The number of hydrogen-bond donors (Lipinski definition) is 0. The smallest absolute Gasteiger partial charge is 0 e. The summed E-state index contributed by atoms with van der Waals surface area (Å²) in [4.78, 5) is 19.6. The third kappa shape index (κ3) is 66.6. The van der Waals surface area contributed by atoms with Crippen LogP contribution in [0.5, 0.6) is 0 Å². The fraction of sp³-hybridized carbons (Fsp3) is 0.933. The summed E-state index contributed by atoms with van der Waals surface area (Å²) < 4.78 is 118. The Bertz CT molecular complexity index is 563. The fourth-order valence-corrected chi connectivity index (χ4v) is 2.43. The van der Waals surface area contributed by atoms with Gasteiger partial charge >= 0.3 is 66.0 Å². The summed E-state index contributed by atoms with van der Waals surface area (Å²) in [5.74, 6) is 0.167. The van der Waals surface area contributed by atoms with Crippen LogP contribution in [0, 0.1) is 0 Å². The van der Waals surface area contributed by atoms with Crippen molar-refractivity contribution in [2.75, 3.05) is 79.5 Å². The Morgan fingerprint density at radius 1 is 0.486 bits per heavy atom. The van der Waals surface area contributed by atoms with Crippen molar-refractivity contribution in [3.8, 4) is 0 Å². The maximum absolute atomic E-state index is 10.7. The minimum atomic E-state index is -10.7. The average Bonchev–Trinajstić information content (AvgIpc) is 2.61. The minimum absolute atomic E-state index is 0. The molecule has 2 N–H and O–H groups in total. The maximum atomic E-state index is 9.87. The Morgan fingerprint density at radius 3 is 0.730 bits per heavy atom. The summed E-state index contributed by atoms with van der Waals surface area (Å²) in [6, 6.07) is 0. The molecule has 0 aromatic rings. The van der Waals surface area contributed by atoms with Gasteiger partial charge < -0.3 is 25.5 Å². The van der Waals surface area contributed by atoms with Gasteiger partial charge in [-0.2, -0.15) is 0 Å². The van der Waals surface area contributed by atoms with Crippen LogP contribution in [0.1, 0.15) is 13.8 Å². The van der Waals surface area contributed by atoms with Crippen molar-refractivity contribution in [3.63, 3.8) is 0 Å². The Kier molecular flexibility index (Phi) is 18.4. The number of carbonyl (C=O) groups is 1. The van der Waals surface area contributed by atoms with Gasteiger partial charge in [0.25, 0.3) is 0 Å². The first kappa shape index (κ1) is 46.8. The van der Waals surface area contributed by atoms with Gasteiger partial charge in [-0.05, 0) is 27.9 Å². The van der Waals surface area contributed by atoms with Crippen molar-refractivity contribution >= 4 is 21.4 Å². The van der Waals surface area contributed by atoms with E-state index < -0.39 is 15.6 Å². The quantitative estimate of drug-likeness (QED) is 0.167. The maximum Gasteiger partial charge on any atom is 0 e. The van der Waals surface area contributed by atoms with E-state index >= 15 is 0 Å². The van der Waals surface area contributed by atoms with E-state index in [2.05, 4.69) is 33.7 Å². The zero-order chi connectivity index (χ0) is 27.8. The molecule has 2 rings (SSSR count). The average molecular weight is 663 g/mol. The number of Topliss-reactive ketones (excluding diaryl/α,β-unsaturated/α-hetero) is 1. The standard InChI is InChI=1S/C12H26N4.C3H6O.2F6P.Mn.2H2O/c1-13-3-7-15-9-5-14(2)6-10-16(8-4-13)12-11-15;1-3(2)4;2*1-7(2,3,4,5)6;;;/h3-12H2,1-2H3;1-2H3;;;;2*1H2/q;;2*-1;;;/p-2. The van der Waals surface area contributed by atoms with Crippen LogP contribution >= 0.6 is 15.6 Å². The summed E-state index contributed by atoms with van der Waals surface area (Å²) >= 11 is 0. The zero-order valence-electron chi connectivity index (χ0n) is 20.5. The number of carbonyl (C=O) groups excluding carboxylic acids is 1. The van der Waals surface area contributed by atoms with Gasteiger partial charge in [0, 0.05) is 82.5 Å². The number of rotatable bonds is 0. The van der Waals surface area contributed by atoms with Gasteiger partial charge in [0.2, 0.25) is 0 Å². The molecule has 7 nitrogen and oxygen atoms in total. The number of hydrogen-bond acceptors (Lipinski definition) is 7. The van der Waals surface area contributed by atoms with Crippen LogP contribution in [0.15, 0.2) is 0 Å². The Balaban J connectivity index is -0.000000139. The number of likely N-dealkylation sites (N-methyl/N-ethyl adjacent to an activating group) is 2. The van der Waals surface area contributed by atoms with Crippen molar-refractivity contribution in [1.82, 2.24) is 19.6 Å². The van der Waals surface area contributed by atoms with E-state index in [-0.39, 0.29) is 33.8 Å². The van der Waals surface area contributed by atoms with E-state index in [0.29, 0.717) is 0 Å². The molecule has 2 fully saturated rings. The Morgan fingerprint density at radius 2 is 0.595 bits per heavy atom. The molecule has 0 amide bonds. The predicted octanol–water partition coefficient (Wildman–Crippen LogP) is 6.49. The SMILES string of the molecule is CC(C)=O.CN1CCN2CCN(C)CCN(CC1)CC2.F[P-](F)(F)(F)(F)F.F[P-](F)(F)(F)(F)F.[Mn].[OH-].[OH-]. The molecule has 0 aliphatic carbocycles. The van der Waals surface area contributed by atoms with Gasteiger partial charge in [-0.25, -0.2) is 0 Å². The molecule has 37 heavy (non-hydrogen) atoms. The third-order valence-electron chi connectivity index (χ3n) is 3.92. The molecule has 0 spiro atoms. The van der Waals surface area contributed by atoms with Crippen molar-refractivity contribution in [1.29, 1.82) is 0 Å². The predicted molar refractivity (Wildman–Crippen MR) is 115 cm³/mol. The minimum Gasteiger partial charge on any atom is -0.870 e. The molecule has 237 valence electrons. The second-order valence-electron chi connectivity index (χ2n) is 8.11. The van der Waals surface area contributed by atoms with Gasteiger partial charge in [0.1, 0.15) is 5.78 Å². The summed E-state index contributed by atoms with van der Waals surface area (Å²) in [6.45, 7) is 15.4. The molecule has 2 heterocycles. The van der Waals surface area contributed by atoms with Crippen LogP contribution in [-0.4, -0.2) is 116 Å². The van der Waals surface area contributed by atoms with Gasteiger partial charge in [-0.1, -0.05) is 0 Å². The van der Waals surface area contributed by atoms with Gasteiger partial charge in [0.15, 0.2) is 0 Å². The Labute approximate surface area is 218 Å². The van der Waals surface area contributed by atoms with E-state index in [1.165, 1.54) is 79.3 Å². The van der Waals surface area contributed by atoms with E-state index in [1.54, 1.807) is 0 Å². The van der Waals surface area contributed by atoms with Crippen LogP contribution in [0.2, 0.25) is 0 Å². The summed E-state index contributed by atoms with van der Waals surface area (Å²) in [5.41, 5.74) is 0. The molecule has 1 radical (unpaired) electrons. The normalized spacial score (nSPS) is 24.9. The Hall–Kier alpha value is -0.0305. The third-order valence-corrected chi connectivity index (χ3v) is 3.92. The van der Waals surface area contributed by atoms with E-state index in [9.17, 15) is 55.2 Å². The molecule has 0 atom stereocenters. The summed E-state index contributed by atoms with van der Waals surface area (Å²) in [6.07, 6.45) is 0. The van der Waals surface area contributed by atoms with Crippen LogP contribution in [0.3, 0.4) is 0 Å². The second kappa shape index (κ2) is 14.6. The molecular weight excluding hydrogens is 629 g/mol. The monoisotopic (exact) mass is 663 g/mol. The molecule has 0 aromatic carbocycles. The van der Waals surface area contributed by atoms with Crippen LogP contribution < -0.4 is 0 Å². The first-order valence-corrected chi connectivity index (χ1v) is 13.8. The molecule has 22 heteroatoms. The van der Waals surface area contributed by atoms with Gasteiger partial charge in [-0.3, -0.25) is 9.80 Å². The molecule has 2 bridgehead atoms. The molecule has 0 aromatic heterocycles. The van der Waals surface area contributed by atoms with E-state index in [1.807, 2.05) is 0 Å². The fourth-order valence-electron chi connectivity index (χ4n) is 2.43. The van der Waals surface area contributed by atoms with E-state index in [0.717, 1.165) is 0 Å². The van der Waals surface area contributed by atoms with Crippen LogP contribution in [0.4, 0.5) is 50.4 Å². The topological polar surface area (TPSA) is 90.0 Å². The molecule has 2 aliphatic rings. The number of ketones is 1. The molecular formula is C15H34F12MnN4O3P2-4. The number of nitrogens with zero attached hydrogens (tertiary/aromatic N) is 4. The second-order valence-corrected chi connectivity index (χ2v) is 11.9. The van der Waals surface area contributed by atoms with Crippen molar-refractivity contribution in [3.05, 3.63) is 0 Å².